The zero-order valence-corrected chi connectivity index (χ0v) is 13.7. The molecule has 2 aliphatic rings. The van der Waals surface area contributed by atoms with Gasteiger partial charge in [0.2, 0.25) is 0 Å². The van der Waals surface area contributed by atoms with Crippen LogP contribution in [-0.2, 0) is 5.41 Å². The first-order valence-electron chi connectivity index (χ1n) is 8.51. The molecule has 1 aromatic rings. The lowest BCUT2D eigenvalue weighted by atomic mass is 9.95. The maximum atomic E-state index is 14.1. The number of guanidine groups is 1. The van der Waals surface area contributed by atoms with Crippen LogP contribution < -0.4 is 10.6 Å². The highest BCUT2D eigenvalue weighted by molar-refractivity contribution is 5.80. The van der Waals surface area contributed by atoms with E-state index in [0.29, 0.717) is 13.1 Å². The molecule has 0 atom stereocenters. The molecule has 0 bridgehead atoms. The molecule has 0 aromatic heterocycles. The zero-order valence-electron chi connectivity index (χ0n) is 13.7. The van der Waals surface area contributed by atoms with Gasteiger partial charge in [-0.15, -0.1) is 0 Å². The van der Waals surface area contributed by atoms with E-state index in [9.17, 15) is 9.50 Å². The van der Waals surface area contributed by atoms with Crippen molar-refractivity contribution in [2.75, 3.05) is 26.2 Å². The van der Waals surface area contributed by atoms with Crippen molar-refractivity contribution in [1.82, 2.24) is 10.6 Å². The monoisotopic (exact) mass is 319 g/mol. The third-order valence-corrected chi connectivity index (χ3v) is 5.10. The fraction of sp³-hybridized carbons (Fsp3) is 0.611. The SMILES string of the molecule is CCNC(=NCC1(CO)CC1)NCC1(c2ccccc2F)CC1. The van der Waals surface area contributed by atoms with E-state index in [1.165, 1.54) is 6.07 Å². The fourth-order valence-corrected chi connectivity index (χ4v) is 2.97. The number of nitrogens with one attached hydrogen (secondary N) is 2. The fourth-order valence-electron chi connectivity index (χ4n) is 2.97. The van der Waals surface area contributed by atoms with E-state index in [2.05, 4.69) is 15.6 Å². The molecule has 23 heavy (non-hydrogen) atoms. The smallest absolute Gasteiger partial charge is 0.191 e. The molecule has 0 amide bonds. The quantitative estimate of drug-likeness (QED) is 0.533. The van der Waals surface area contributed by atoms with E-state index < -0.39 is 0 Å². The molecule has 0 aliphatic heterocycles. The van der Waals surface area contributed by atoms with E-state index in [0.717, 1.165) is 43.8 Å². The molecular formula is C18H26FN3O. The normalized spacial score (nSPS) is 20.9. The Hall–Kier alpha value is -1.62. The molecule has 4 nitrogen and oxygen atoms in total. The second-order valence-corrected chi connectivity index (χ2v) is 6.97. The van der Waals surface area contributed by atoms with Gasteiger partial charge in [0.15, 0.2) is 5.96 Å². The number of aliphatic hydroxyl groups excluding tert-OH is 1. The summed E-state index contributed by atoms with van der Waals surface area (Å²) < 4.78 is 14.1. The molecule has 1 aromatic carbocycles. The van der Waals surface area contributed by atoms with Crippen molar-refractivity contribution in [3.05, 3.63) is 35.6 Å². The molecule has 2 aliphatic carbocycles. The maximum absolute atomic E-state index is 14.1. The Kier molecular flexibility index (Phi) is 4.57. The van der Waals surface area contributed by atoms with Gasteiger partial charge in [-0.2, -0.15) is 0 Å². The Balaban J connectivity index is 1.63. The topological polar surface area (TPSA) is 56.7 Å². The van der Waals surface area contributed by atoms with Crippen molar-refractivity contribution in [1.29, 1.82) is 0 Å². The largest absolute Gasteiger partial charge is 0.396 e. The van der Waals surface area contributed by atoms with E-state index >= 15 is 0 Å². The van der Waals surface area contributed by atoms with Crippen molar-refractivity contribution < 1.29 is 9.50 Å². The average molecular weight is 319 g/mol. The van der Waals surface area contributed by atoms with Crippen LogP contribution in [0.4, 0.5) is 4.39 Å². The lowest BCUT2D eigenvalue weighted by Crippen LogP contribution is -2.41. The first-order chi connectivity index (χ1) is 11.1. The van der Waals surface area contributed by atoms with Gasteiger partial charge >= 0.3 is 0 Å². The molecule has 3 rings (SSSR count). The van der Waals surface area contributed by atoms with Crippen molar-refractivity contribution in [3.8, 4) is 0 Å². The number of rotatable bonds is 7. The number of aliphatic hydroxyl groups is 1. The van der Waals surface area contributed by atoms with Gasteiger partial charge in [0, 0.05) is 23.9 Å². The molecule has 0 radical (unpaired) electrons. The van der Waals surface area contributed by atoms with Crippen LogP contribution in [0.25, 0.3) is 0 Å². The number of aliphatic imine (C=N–C) groups is 1. The maximum Gasteiger partial charge on any atom is 0.191 e. The Morgan fingerprint density at radius 3 is 2.52 bits per heavy atom. The number of halogens is 1. The lowest BCUT2D eigenvalue weighted by Gasteiger charge is -2.20. The number of hydrogen-bond acceptors (Lipinski definition) is 2. The molecule has 2 fully saturated rings. The van der Waals surface area contributed by atoms with Gasteiger partial charge in [0.25, 0.3) is 0 Å². The number of hydrogen-bond donors (Lipinski definition) is 3. The van der Waals surface area contributed by atoms with Gasteiger partial charge in [-0.25, -0.2) is 4.39 Å². The van der Waals surface area contributed by atoms with Crippen molar-refractivity contribution in [2.24, 2.45) is 10.4 Å². The second-order valence-electron chi connectivity index (χ2n) is 6.97. The molecule has 0 unspecified atom stereocenters. The van der Waals surface area contributed by atoms with Crippen LogP contribution in [0.2, 0.25) is 0 Å². The van der Waals surface area contributed by atoms with Gasteiger partial charge in [-0.1, -0.05) is 18.2 Å². The molecule has 0 heterocycles. The van der Waals surface area contributed by atoms with Gasteiger partial charge in [0.05, 0.1) is 13.2 Å². The standard InChI is InChI=1S/C18H26FN3O/c1-2-20-16(21-11-17(13-23)7-8-17)22-12-18(9-10-18)14-5-3-4-6-15(14)19/h3-6,23H,2,7-13H2,1H3,(H2,20,21,22). The number of benzene rings is 1. The van der Waals surface area contributed by atoms with Crippen LogP contribution in [0.3, 0.4) is 0 Å². The minimum absolute atomic E-state index is 0.00512. The van der Waals surface area contributed by atoms with Crippen molar-refractivity contribution in [2.45, 2.75) is 38.0 Å². The third-order valence-electron chi connectivity index (χ3n) is 5.10. The first-order valence-corrected chi connectivity index (χ1v) is 8.51. The summed E-state index contributed by atoms with van der Waals surface area (Å²) in [5.74, 6) is 0.640. The first kappa shape index (κ1) is 16.2. The molecule has 3 N–H and O–H groups in total. The molecule has 0 saturated heterocycles. The van der Waals surface area contributed by atoms with Gasteiger partial charge in [-0.05, 0) is 44.2 Å². The molecule has 126 valence electrons. The highest BCUT2D eigenvalue weighted by Gasteiger charge is 2.46. The lowest BCUT2D eigenvalue weighted by molar-refractivity contribution is 0.217. The predicted molar refractivity (Wildman–Crippen MR) is 90.0 cm³/mol. The van der Waals surface area contributed by atoms with E-state index in [4.69, 9.17) is 0 Å². The van der Waals surface area contributed by atoms with Crippen molar-refractivity contribution in [3.63, 3.8) is 0 Å². The highest BCUT2D eigenvalue weighted by atomic mass is 19.1. The third kappa shape index (κ3) is 3.66. The van der Waals surface area contributed by atoms with Crippen LogP contribution in [0.5, 0.6) is 0 Å². The summed E-state index contributed by atoms with van der Waals surface area (Å²) in [5.41, 5.74) is 0.707. The summed E-state index contributed by atoms with van der Waals surface area (Å²) in [6.07, 6.45) is 4.10. The Labute approximate surface area is 137 Å². The van der Waals surface area contributed by atoms with Crippen LogP contribution in [-0.4, -0.2) is 37.3 Å². The minimum atomic E-state index is -0.119. The van der Waals surface area contributed by atoms with E-state index in [1.54, 1.807) is 6.07 Å². The van der Waals surface area contributed by atoms with Crippen LogP contribution >= 0.6 is 0 Å². The highest BCUT2D eigenvalue weighted by Crippen LogP contribution is 2.48. The van der Waals surface area contributed by atoms with E-state index in [1.807, 2.05) is 19.1 Å². The summed E-state index contributed by atoms with van der Waals surface area (Å²) in [6.45, 7) is 4.34. The summed E-state index contributed by atoms with van der Waals surface area (Å²) in [4.78, 5) is 4.61. The van der Waals surface area contributed by atoms with Crippen molar-refractivity contribution >= 4 is 5.96 Å². The average Bonchev–Trinajstić information content (AvgIpc) is 3.47. The molecule has 5 heteroatoms. The van der Waals surface area contributed by atoms with Gasteiger partial charge in [0.1, 0.15) is 5.82 Å². The van der Waals surface area contributed by atoms with Crippen LogP contribution in [0, 0.1) is 11.2 Å². The molecule has 0 spiro atoms. The predicted octanol–water partition coefficient (Wildman–Crippen LogP) is 2.18. The summed E-state index contributed by atoms with van der Waals surface area (Å²) in [6, 6.07) is 7.06. The summed E-state index contributed by atoms with van der Waals surface area (Å²) in [5, 5.41) is 16.0. The summed E-state index contributed by atoms with van der Waals surface area (Å²) in [7, 11) is 0. The van der Waals surface area contributed by atoms with Crippen LogP contribution in [0.15, 0.2) is 29.3 Å². The van der Waals surface area contributed by atoms with E-state index in [-0.39, 0.29) is 23.3 Å². The summed E-state index contributed by atoms with van der Waals surface area (Å²) >= 11 is 0. The molecular weight excluding hydrogens is 293 g/mol. The van der Waals surface area contributed by atoms with Crippen LogP contribution in [0.1, 0.15) is 38.2 Å². The molecule has 2 saturated carbocycles. The number of nitrogens with zero attached hydrogens (tertiary/aromatic N) is 1. The Morgan fingerprint density at radius 2 is 1.96 bits per heavy atom. The Morgan fingerprint density at radius 1 is 1.22 bits per heavy atom. The minimum Gasteiger partial charge on any atom is -0.396 e. The Bertz CT molecular complexity index is 579. The second kappa shape index (κ2) is 6.48. The zero-order chi connectivity index (χ0) is 16.3. The van der Waals surface area contributed by atoms with Gasteiger partial charge in [-0.3, -0.25) is 4.99 Å². The van der Waals surface area contributed by atoms with Gasteiger partial charge < -0.3 is 15.7 Å².